The lowest BCUT2D eigenvalue weighted by Crippen LogP contribution is -2.20. The molecule has 1 amide bonds. The number of anilines is 1. The van der Waals surface area contributed by atoms with E-state index < -0.39 is 0 Å². The van der Waals surface area contributed by atoms with Gasteiger partial charge >= 0.3 is 0 Å². The van der Waals surface area contributed by atoms with Crippen LogP contribution in [-0.4, -0.2) is 23.7 Å². The summed E-state index contributed by atoms with van der Waals surface area (Å²) in [5, 5.41) is 14.1. The van der Waals surface area contributed by atoms with Gasteiger partial charge in [-0.25, -0.2) is 0 Å². The number of hydrogen-bond acceptors (Lipinski definition) is 3. The smallest absolute Gasteiger partial charge is 0.250 e. The average Bonchev–Trinajstić information content (AvgIpc) is 2.38. The van der Waals surface area contributed by atoms with Gasteiger partial charge in [0.25, 0.3) is 0 Å². The number of ether oxygens (including phenoxy) is 1. The highest BCUT2D eigenvalue weighted by atomic mass is 16.5. The zero-order valence-electron chi connectivity index (χ0n) is 11.0. The van der Waals surface area contributed by atoms with Gasteiger partial charge in [0.05, 0.1) is 6.10 Å². The molecule has 0 unspecified atom stereocenters. The van der Waals surface area contributed by atoms with E-state index in [1.807, 2.05) is 26.0 Å². The van der Waals surface area contributed by atoms with Crippen LogP contribution >= 0.6 is 0 Å². The van der Waals surface area contributed by atoms with Crippen molar-refractivity contribution in [2.45, 2.75) is 20.0 Å². The minimum atomic E-state index is -0.204. The average molecular weight is 259 g/mol. The van der Waals surface area contributed by atoms with E-state index in [1.165, 1.54) is 0 Å². The number of nitrogens with one attached hydrogen (secondary N) is 1. The molecular weight excluding hydrogens is 242 g/mol. The summed E-state index contributed by atoms with van der Waals surface area (Å²) in [5.74, 6) is -0.00317. The van der Waals surface area contributed by atoms with Crippen molar-refractivity contribution >= 4 is 22.4 Å². The molecule has 4 heteroatoms. The van der Waals surface area contributed by atoms with Crippen LogP contribution in [0.3, 0.4) is 0 Å². The number of benzene rings is 2. The van der Waals surface area contributed by atoms with Crippen molar-refractivity contribution in [1.29, 1.82) is 0 Å². The summed E-state index contributed by atoms with van der Waals surface area (Å²) in [5.41, 5.74) is 0.672. The molecule has 0 fully saturated rings. The van der Waals surface area contributed by atoms with Crippen LogP contribution in [0, 0.1) is 0 Å². The highest BCUT2D eigenvalue weighted by molar-refractivity contribution is 6.04. The van der Waals surface area contributed by atoms with Crippen LogP contribution in [-0.2, 0) is 9.53 Å². The van der Waals surface area contributed by atoms with E-state index in [1.54, 1.807) is 24.3 Å². The molecule has 4 nitrogen and oxygen atoms in total. The molecule has 0 aromatic heterocycles. The Bertz CT molecular complexity index is 593. The summed E-state index contributed by atoms with van der Waals surface area (Å²) >= 11 is 0. The number of phenolic OH excluding ortho intramolecular Hbond substituents is 1. The molecule has 0 saturated heterocycles. The molecule has 0 saturated carbocycles. The standard InChI is InChI=1S/C15H17NO3/c1-10(2)19-9-15(18)16-13-7-3-6-12-11(13)5-4-8-14(12)17/h3-8,10,17H,9H2,1-2H3,(H,16,18). The van der Waals surface area contributed by atoms with Crippen LogP contribution in [0.1, 0.15) is 13.8 Å². The van der Waals surface area contributed by atoms with Gasteiger partial charge in [0.1, 0.15) is 12.4 Å². The SMILES string of the molecule is CC(C)OCC(=O)Nc1cccc2c(O)cccc12. The van der Waals surface area contributed by atoms with E-state index in [-0.39, 0.29) is 24.4 Å². The van der Waals surface area contributed by atoms with E-state index >= 15 is 0 Å². The summed E-state index contributed by atoms with van der Waals surface area (Å²) in [6, 6.07) is 10.6. The monoisotopic (exact) mass is 259 g/mol. The first-order valence-corrected chi connectivity index (χ1v) is 6.20. The van der Waals surface area contributed by atoms with E-state index in [0.29, 0.717) is 11.1 Å². The van der Waals surface area contributed by atoms with E-state index in [4.69, 9.17) is 4.74 Å². The van der Waals surface area contributed by atoms with Gasteiger partial charge in [-0.3, -0.25) is 4.79 Å². The third-order valence-electron chi connectivity index (χ3n) is 2.72. The highest BCUT2D eigenvalue weighted by Gasteiger charge is 2.08. The summed E-state index contributed by atoms with van der Waals surface area (Å²) in [7, 11) is 0. The number of carbonyl (C=O) groups excluding carboxylic acids is 1. The molecule has 2 aromatic rings. The Morgan fingerprint density at radius 2 is 1.89 bits per heavy atom. The second-order valence-corrected chi connectivity index (χ2v) is 4.59. The topological polar surface area (TPSA) is 58.6 Å². The molecule has 0 atom stereocenters. The van der Waals surface area contributed by atoms with E-state index in [9.17, 15) is 9.90 Å². The molecule has 0 aliphatic carbocycles. The number of fused-ring (bicyclic) bond motifs is 1. The maximum atomic E-state index is 11.7. The van der Waals surface area contributed by atoms with Gasteiger partial charge in [-0.15, -0.1) is 0 Å². The Morgan fingerprint density at radius 1 is 1.21 bits per heavy atom. The Balaban J connectivity index is 2.21. The second kappa shape index (κ2) is 5.71. The van der Waals surface area contributed by atoms with Gasteiger partial charge in [0, 0.05) is 16.5 Å². The molecule has 2 rings (SSSR count). The summed E-state index contributed by atoms with van der Waals surface area (Å²) in [4.78, 5) is 11.7. The van der Waals surface area contributed by atoms with Crippen molar-refractivity contribution in [1.82, 2.24) is 0 Å². The maximum absolute atomic E-state index is 11.7. The zero-order chi connectivity index (χ0) is 13.8. The number of aromatic hydroxyl groups is 1. The molecule has 0 aliphatic heterocycles. The van der Waals surface area contributed by atoms with Crippen LogP contribution in [0.25, 0.3) is 10.8 Å². The molecule has 0 aliphatic rings. The molecule has 0 spiro atoms. The molecular formula is C15H17NO3. The normalized spacial score (nSPS) is 10.9. The van der Waals surface area contributed by atoms with E-state index in [2.05, 4.69) is 5.32 Å². The van der Waals surface area contributed by atoms with Gasteiger partial charge in [-0.1, -0.05) is 24.3 Å². The van der Waals surface area contributed by atoms with Crippen LogP contribution in [0.5, 0.6) is 5.75 Å². The maximum Gasteiger partial charge on any atom is 0.250 e. The Kier molecular flexibility index (Phi) is 4.02. The first kappa shape index (κ1) is 13.4. The van der Waals surface area contributed by atoms with Gasteiger partial charge in [-0.2, -0.15) is 0 Å². The number of hydrogen-bond donors (Lipinski definition) is 2. The molecule has 0 bridgehead atoms. The largest absolute Gasteiger partial charge is 0.507 e. The van der Waals surface area contributed by atoms with Crippen LogP contribution < -0.4 is 5.32 Å². The lowest BCUT2D eigenvalue weighted by atomic mass is 10.1. The van der Waals surface area contributed by atoms with Gasteiger partial charge in [0.15, 0.2) is 0 Å². The molecule has 19 heavy (non-hydrogen) atoms. The van der Waals surface area contributed by atoms with Crippen LogP contribution in [0.4, 0.5) is 5.69 Å². The van der Waals surface area contributed by atoms with Crippen molar-refractivity contribution < 1.29 is 14.6 Å². The van der Waals surface area contributed by atoms with E-state index in [0.717, 1.165) is 5.39 Å². The zero-order valence-corrected chi connectivity index (χ0v) is 11.0. The van der Waals surface area contributed by atoms with Crippen LogP contribution in [0.15, 0.2) is 36.4 Å². The lowest BCUT2D eigenvalue weighted by Gasteiger charge is -2.11. The summed E-state index contributed by atoms with van der Waals surface area (Å²) in [6.07, 6.45) is 0.0160. The first-order chi connectivity index (χ1) is 9.08. The third kappa shape index (κ3) is 3.23. The predicted molar refractivity (Wildman–Crippen MR) is 75.3 cm³/mol. The summed E-state index contributed by atoms with van der Waals surface area (Å²) < 4.78 is 5.25. The fraction of sp³-hybridized carbons (Fsp3) is 0.267. The van der Waals surface area contributed by atoms with Gasteiger partial charge < -0.3 is 15.2 Å². The van der Waals surface area contributed by atoms with Gasteiger partial charge in [-0.05, 0) is 26.0 Å². The number of carbonyl (C=O) groups is 1. The molecule has 2 aromatic carbocycles. The Labute approximate surface area is 112 Å². The first-order valence-electron chi connectivity index (χ1n) is 6.20. The van der Waals surface area contributed by atoms with Gasteiger partial charge in [0.2, 0.25) is 5.91 Å². The number of amides is 1. The summed E-state index contributed by atoms with van der Waals surface area (Å²) in [6.45, 7) is 3.78. The number of rotatable bonds is 4. The fourth-order valence-electron chi connectivity index (χ4n) is 1.83. The third-order valence-corrected chi connectivity index (χ3v) is 2.72. The molecule has 100 valence electrons. The minimum Gasteiger partial charge on any atom is -0.507 e. The fourth-order valence-corrected chi connectivity index (χ4v) is 1.83. The second-order valence-electron chi connectivity index (χ2n) is 4.59. The molecule has 2 N–H and O–H groups in total. The van der Waals surface area contributed by atoms with Crippen molar-refractivity contribution in [3.63, 3.8) is 0 Å². The highest BCUT2D eigenvalue weighted by Crippen LogP contribution is 2.29. The molecule has 0 heterocycles. The molecule has 0 radical (unpaired) electrons. The van der Waals surface area contributed by atoms with Crippen molar-refractivity contribution in [3.05, 3.63) is 36.4 Å². The predicted octanol–water partition coefficient (Wildman–Crippen LogP) is 2.91. The minimum absolute atomic E-state index is 0.0160. The Hall–Kier alpha value is -2.07. The van der Waals surface area contributed by atoms with Crippen molar-refractivity contribution in [2.75, 3.05) is 11.9 Å². The Morgan fingerprint density at radius 3 is 2.63 bits per heavy atom. The quantitative estimate of drug-likeness (QED) is 0.887. The number of phenols is 1. The lowest BCUT2D eigenvalue weighted by molar-refractivity contribution is -0.121. The van der Waals surface area contributed by atoms with Crippen molar-refractivity contribution in [3.8, 4) is 5.75 Å². The van der Waals surface area contributed by atoms with Crippen molar-refractivity contribution in [2.24, 2.45) is 0 Å². The van der Waals surface area contributed by atoms with Crippen LogP contribution in [0.2, 0.25) is 0 Å².